The highest BCUT2D eigenvalue weighted by Gasteiger charge is 2.08. The van der Waals surface area contributed by atoms with E-state index < -0.39 is 0 Å². The van der Waals surface area contributed by atoms with Crippen molar-refractivity contribution in [2.45, 2.75) is 61.8 Å². The Labute approximate surface area is 185 Å². The standard InChI is InChI=1S/C16H31NO7.3C2H6/c1-4-20-9-10-22-13-14-23-12-11-21-7-5-16(19)17(3)6-8-24-15(2)18;3*1-2/h4-14H2,1-3H3;3*1-2H3. The molecule has 0 saturated carbocycles. The smallest absolute Gasteiger partial charge is 0.302 e. The molecular formula is C22H49NO7. The van der Waals surface area contributed by atoms with Crippen molar-refractivity contribution in [1.29, 1.82) is 0 Å². The van der Waals surface area contributed by atoms with Gasteiger partial charge < -0.3 is 28.6 Å². The van der Waals surface area contributed by atoms with Gasteiger partial charge in [-0.05, 0) is 6.92 Å². The molecule has 0 atom stereocenters. The monoisotopic (exact) mass is 439 g/mol. The molecule has 0 aromatic rings. The second-order valence-electron chi connectivity index (χ2n) is 4.94. The summed E-state index contributed by atoms with van der Waals surface area (Å²) < 4.78 is 25.9. The van der Waals surface area contributed by atoms with E-state index in [0.717, 1.165) is 0 Å². The van der Waals surface area contributed by atoms with Crippen LogP contribution >= 0.6 is 0 Å². The van der Waals surface area contributed by atoms with Crippen molar-refractivity contribution in [2.75, 3.05) is 73.1 Å². The summed E-state index contributed by atoms with van der Waals surface area (Å²) in [5.74, 6) is -0.398. The normalized spacial score (nSPS) is 9.10. The van der Waals surface area contributed by atoms with Gasteiger partial charge in [0.25, 0.3) is 0 Å². The van der Waals surface area contributed by atoms with Gasteiger partial charge in [-0.15, -0.1) is 0 Å². The molecule has 0 N–H and O–H groups in total. The number of hydrogen-bond donors (Lipinski definition) is 0. The molecule has 30 heavy (non-hydrogen) atoms. The van der Waals surface area contributed by atoms with Crippen LogP contribution in [0.2, 0.25) is 0 Å². The Morgan fingerprint density at radius 2 is 1.07 bits per heavy atom. The Balaban J connectivity index is -0.000000512. The number of carbonyl (C=O) groups excluding carboxylic acids is 2. The van der Waals surface area contributed by atoms with E-state index in [-0.39, 0.29) is 24.9 Å². The first-order chi connectivity index (χ1) is 14.6. The van der Waals surface area contributed by atoms with Gasteiger partial charge in [0.1, 0.15) is 6.61 Å². The minimum atomic E-state index is -0.348. The Hall–Kier alpha value is -1.22. The van der Waals surface area contributed by atoms with Gasteiger partial charge in [0, 0.05) is 20.6 Å². The molecule has 8 heteroatoms. The maximum atomic E-state index is 11.7. The average molecular weight is 440 g/mol. The van der Waals surface area contributed by atoms with Gasteiger partial charge in [-0.1, -0.05) is 41.5 Å². The summed E-state index contributed by atoms with van der Waals surface area (Å²) >= 11 is 0. The molecule has 184 valence electrons. The predicted molar refractivity (Wildman–Crippen MR) is 122 cm³/mol. The number of esters is 1. The highest BCUT2D eigenvalue weighted by atomic mass is 16.6. The molecule has 0 heterocycles. The number of likely N-dealkylation sites (N-methyl/N-ethyl adjacent to an activating group) is 1. The lowest BCUT2D eigenvalue weighted by atomic mass is 10.4. The summed E-state index contributed by atoms with van der Waals surface area (Å²) in [4.78, 5) is 23.9. The molecule has 0 aromatic heterocycles. The number of nitrogens with zero attached hydrogens (tertiary/aromatic N) is 1. The van der Waals surface area contributed by atoms with E-state index in [2.05, 4.69) is 0 Å². The predicted octanol–water partition coefficient (Wildman–Crippen LogP) is 3.56. The van der Waals surface area contributed by atoms with E-state index in [9.17, 15) is 9.59 Å². The van der Waals surface area contributed by atoms with Crippen LogP contribution in [0.15, 0.2) is 0 Å². The van der Waals surface area contributed by atoms with Crippen LogP contribution in [-0.4, -0.2) is 89.8 Å². The zero-order valence-electron chi connectivity index (χ0n) is 21.1. The van der Waals surface area contributed by atoms with E-state index in [1.165, 1.54) is 11.8 Å². The molecule has 0 aliphatic heterocycles. The molecule has 0 aliphatic rings. The largest absolute Gasteiger partial charge is 0.464 e. The second kappa shape index (κ2) is 35.2. The third-order valence-electron chi connectivity index (χ3n) is 2.94. The van der Waals surface area contributed by atoms with Crippen LogP contribution in [0, 0.1) is 0 Å². The first-order valence-corrected chi connectivity index (χ1v) is 11.3. The zero-order valence-corrected chi connectivity index (χ0v) is 21.1. The van der Waals surface area contributed by atoms with Crippen LogP contribution in [0.4, 0.5) is 0 Å². The molecule has 0 aliphatic carbocycles. The van der Waals surface area contributed by atoms with Gasteiger partial charge >= 0.3 is 5.97 Å². The van der Waals surface area contributed by atoms with Crippen molar-refractivity contribution in [3.05, 3.63) is 0 Å². The van der Waals surface area contributed by atoms with E-state index >= 15 is 0 Å². The molecule has 0 bridgehead atoms. The molecule has 0 aromatic carbocycles. The first-order valence-electron chi connectivity index (χ1n) is 11.3. The topological polar surface area (TPSA) is 83.5 Å². The SMILES string of the molecule is CC.CC.CC.CCOCCOCCOCCOCCC(=O)N(C)CCOC(C)=O. The van der Waals surface area contributed by atoms with Crippen LogP contribution in [0.5, 0.6) is 0 Å². The van der Waals surface area contributed by atoms with Gasteiger partial charge in [-0.3, -0.25) is 9.59 Å². The van der Waals surface area contributed by atoms with Gasteiger partial charge in [-0.25, -0.2) is 0 Å². The Morgan fingerprint density at radius 3 is 1.47 bits per heavy atom. The summed E-state index contributed by atoms with van der Waals surface area (Å²) in [5, 5.41) is 0. The van der Waals surface area contributed by atoms with Gasteiger partial charge in [0.2, 0.25) is 5.91 Å². The van der Waals surface area contributed by atoms with Gasteiger partial charge in [0.05, 0.1) is 59.2 Å². The molecule has 0 unspecified atom stereocenters. The third-order valence-corrected chi connectivity index (χ3v) is 2.94. The van der Waals surface area contributed by atoms with Crippen molar-refractivity contribution >= 4 is 11.9 Å². The number of rotatable bonds is 16. The van der Waals surface area contributed by atoms with Crippen LogP contribution < -0.4 is 0 Å². The quantitative estimate of drug-likeness (QED) is 0.268. The number of hydrogen-bond acceptors (Lipinski definition) is 7. The number of carbonyl (C=O) groups is 2. The molecule has 0 rings (SSSR count). The van der Waals surface area contributed by atoms with Crippen molar-refractivity contribution in [3.8, 4) is 0 Å². The molecule has 1 amide bonds. The summed E-state index contributed by atoms with van der Waals surface area (Å²) in [6.07, 6.45) is 0.289. The second-order valence-corrected chi connectivity index (χ2v) is 4.94. The minimum Gasteiger partial charge on any atom is -0.464 e. The maximum Gasteiger partial charge on any atom is 0.302 e. The van der Waals surface area contributed by atoms with E-state index in [1.54, 1.807) is 7.05 Å². The highest BCUT2D eigenvalue weighted by molar-refractivity contribution is 5.76. The van der Waals surface area contributed by atoms with Gasteiger partial charge in [-0.2, -0.15) is 0 Å². The Morgan fingerprint density at radius 1 is 0.667 bits per heavy atom. The van der Waals surface area contributed by atoms with Crippen LogP contribution in [-0.2, 0) is 33.3 Å². The summed E-state index contributed by atoms with van der Waals surface area (Å²) in [5.41, 5.74) is 0. The summed E-state index contributed by atoms with van der Waals surface area (Å²) in [6, 6.07) is 0. The molecular weight excluding hydrogens is 390 g/mol. The van der Waals surface area contributed by atoms with Crippen molar-refractivity contribution in [2.24, 2.45) is 0 Å². The lowest BCUT2D eigenvalue weighted by Crippen LogP contribution is -2.31. The summed E-state index contributed by atoms with van der Waals surface area (Å²) in [6.45, 7) is 20.0. The van der Waals surface area contributed by atoms with Crippen molar-refractivity contribution in [3.63, 3.8) is 0 Å². The third kappa shape index (κ3) is 34.3. The van der Waals surface area contributed by atoms with E-state index in [1.807, 2.05) is 48.5 Å². The van der Waals surface area contributed by atoms with E-state index in [0.29, 0.717) is 59.4 Å². The lowest BCUT2D eigenvalue weighted by molar-refractivity contribution is -0.143. The van der Waals surface area contributed by atoms with Gasteiger partial charge in [0.15, 0.2) is 0 Å². The Kier molecular flexibility index (Phi) is 42.5. The molecule has 0 radical (unpaired) electrons. The molecule has 0 saturated heterocycles. The number of ether oxygens (including phenoxy) is 5. The summed E-state index contributed by atoms with van der Waals surface area (Å²) in [7, 11) is 1.67. The maximum absolute atomic E-state index is 11.7. The zero-order chi connectivity index (χ0) is 24.0. The van der Waals surface area contributed by atoms with Crippen LogP contribution in [0.25, 0.3) is 0 Å². The van der Waals surface area contributed by atoms with Crippen molar-refractivity contribution < 1.29 is 33.3 Å². The van der Waals surface area contributed by atoms with E-state index in [4.69, 9.17) is 23.7 Å². The fraction of sp³-hybridized carbons (Fsp3) is 0.909. The lowest BCUT2D eigenvalue weighted by Gasteiger charge is -2.16. The first kappa shape index (κ1) is 36.2. The van der Waals surface area contributed by atoms with Crippen LogP contribution in [0.3, 0.4) is 0 Å². The fourth-order valence-electron chi connectivity index (χ4n) is 1.61. The van der Waals surface area contributed by atoms with Crippen molar-refractivity contribution in [1.82, 2.24) is 4.90 Å². The highest BCUT2D eigenvalue weighted by Crippen LogP contribution is 1.93. The minimum absolute atomic E-state index is 0.0502. The molecule has 0 spiro atoms. The fourth-order valence-corrected chi connectivity index (χ4v) is 1.61. The number of amides is 1. The molecule has 8 nitrogen and oxygen atoms in total. The van der Waals surface area contributed by atoms with Crippen LogP contribution in [0.1, 0.15) is 61.8 Å². The Bertz CT molecular complexity index is 329. The average Bonchev–Trinajstić information content (AvgIpc) is 2.78. The molecule has 0 fully saturated rings.